The van der Waals surface area contributed by atoms with Crippen molar-refractivity contribution < 1.29 is 8.42 Å². The quantitative estimate of drug-likeness (QED) is 0.799. The monoisotopic (exact) mass is 285 g/mol. The van der Waals surface area contributed by atoms with Gasteiger partial charge in [0.2, 0.25) is 10.0 Å². The largest absolute Gasteiger partial charge is 0.346 e. The number of hydrogen-bond donors (Lipinski definition) is 2. The van der Waals surface area contributed by atoms with Gasteiger partial charge in [0.05, 0.1) is 4.90 Å². The smallest absolute Gasteiger partial charge is 0.242 e. The molecule has 1 aromatic rings. The Morgan fingerprint density at radius 3 is 2.63 bits per heavy atom. The second-order valence-corrected chi connectivity index (χ2v) is 7.27. The molecule has 0 aliphatic heterocycles. The third-order valence-electron chi connectivity index (χ3n) is 3.52. The highest BCUT2D eigenvalue weighted by atomic mass is 32.2. The topological polar surface area (TPSA) is 77.1 Å². The highest BCUT2D eigenvalue weighted by molar-refractivity contribution is 7.89. The number of sulfonamides is 1. The summed E-state index contributed by atoms with van der Waals surface area (Å²) in [6.45, 7) is 4.89. The van der Waals surface area contributed by atoms with Crippen LogP contribution < -0.4 is 10.5 Å². The van der Waals surface area contributed by atoms with Crippen LogP contribution in [0.1, 0.15) is 44.8 Å². The molecular formula is C13H23N3O2S. The SMILES string of the molecule is CC(C)n1cc(S(=O)(=O)NCCC2CC2)cc1CN. The van der Waals surface area contributed by atoms with Crippen LogP contribution in [0, 0.1) is 5.92 Å². The Hall–Kier alpha value is -0.850. The molecule has 1 aliphatic carbocycles. The molecule has 1 fully saturated rings. The first-order valence-electron chi connectivity index (χ1n) is 6.84. The lowest BCUT2D eigenvalue weighted by Crippen LogP contribution is -2.24. The number of aromatic nitrogens is 1. The third kappa shape index (κ3) is 3.58. The first-order valence-corrected chi connectivity index (χ1v) is 8.33. The summed E-state index contributed by atoms with van der Waals surface area (Å²) in [5.41, 5.74) is 6.50. The summed E-state index contributed by atoms with van der Waals surface area (Å²) in [6, 6.07) is 1.87. The van der Waals surface area contributed by atoms with Crippen molar-refractivity contribution in [2.24, 2.45) is 11.7 Å². The number of rotatable bonds is 7. The van der Waals surface area contributed by atoms with E-state index in [4.69, 9.17) is 5.73 Å². The van der Waals surface area contributed by atoms with E-state index in [-0.39, 0.29) is 6.04 Å². The molecule has 0 unspecified atom stereocenters. The van der Waals surface area contributed by atoms with Crippen LogP contribution in [0.25, 0.3) is 0 Å². The van der Waals surface area contributed by atoms with Crippen LogP contribution in [0.4, 0.5) is 0 Å². The molecule has 0 amide bonds. The zero-order valence-electron chi connectivity index (χ0n) is 11.6. The average Bonchev–Trinajstić information content (AvgIpc) is 3.04. The van der Waals surface area contributed by atoms with Crippen LogP contribution in [-0.2, 0) is 16.6 Å². The number of nitrogens with two attached hydrogens (primary N) is 1. The van der Waals surface area contributed by atoms with E-state index >= 15 is 0 Å². The van der Waals surface area contributed by atoms with Crippen molar-refractivity contribution in [2.45, 2.75) is 50.6 Å². The summed E-state index contributed by atoms with van der Waals surface area (Å²) in [7, 11) is -3.40. The highest BCUT2D eigenvalue weighted by Gasteiger charge is 2.23. The molecule has 108 valence electrons. The van der Waals surface area contributed by atoms with Crippen molar-refractivity contribution in [3.8, 4) is 0 Å². The molecule has 5 nitrogen and oxygen atoms in total. The van der Waals surface area contributed by atoms with E-state index in [0.717, 1.165) is 18.0 Å². The van der Waals surface area contributed by atoms with Crippen molar-refractivity contribution in [2.75, 3.05) is 6.54 Å². The van der Waals surface area contributed by atoms with Crippen molar-refractivity contribution in [1.29, 1.82) is 0 Å². The van der Waals surface area contributed by atoms with Gasteiger partial charge in [-0.15, -0.1) is 0 Å². The second-order valence-electron chi connectivity index (χ2n) is 5.50. The van der Waals surface area contributed by atoms with Crippen molar-refractivity contribution in [3.05, 3.63) is 18.0 Å². The van der Waals surface area contributed by atoms with Gasteiger partial charge >= 0.3 is 0 Å². The predicted molar refractivity (Wildman–Crippen MR) is 75.2 cm³/mol. The molecule has 0 aromatic carbocycles. The van der Waals surface area contributed by atoms with E-state index in [2.05, 4.69) is 4.72 Å². The Balaban J connectivity index is 2.09. The van der Waals surface area contributed by atoms with E-state index in [0.29, 0.717) is 18.0 Å². The van der Waals surface area contributed by atoms with Gasteiger partial charge in [-0.1, -0.05) is 12.8 Å². The maximum atomic E-state index is 12.2. The molecule has 1 heterocycles. The molecule has 1 aliphatic rings. The zero-order valence-corrected chi connectivity index (χ0v) is 12.4. The normalized spacial score (nSPS) is 16.2. The Bertz CT molecular complexity index is 530. The van der Waals surface area contributed by atoms with Crippen LogP contribution in [0.3, 0.4) is 0 Å². The molecule has 0 saturated heterocycles. The molecule has 19 heavy (non-hydrogen) atoms. The molecule has 1 saturated carbocycles. The summed E-state index contributed by atoms with van der Waals surface area (Å²) in [6.07, 6.45) is 5.09. The average molecular weight is 285 g/mol. The molecule has 0 bridgehead atoms. The predicted octanol–water partition coefficient (Wildman–Crippen LogP) is 1.61. The summed E-state index contributed by atoms with van der Waals surface area (Å²) in [4.78, 5) is 0.317. The Labute approximate surface area is 115 Å². The lowest BCUT2D eigenvalue weighted by atomic mass is 10.3. The van der Waals surface area contributed by atoms with Gasteiger partial charge in [-0.2, -0.15) is 0 Å². The Kier molecular flexibility index (Phi) is 4.32. The van der Waals surface area contributed by atoms with Gasteiger partial charge in [-0.25, -0.2) is 13.1 Å². The molecule has 6 heteroatoms. The maximum Gasteiger partial charge on any atom is 0.242 e. The van der Waals surface area contributed by atoms with Gasteiger partial charge in [0, 0.05) is 31.0 Å². The van der Waals surface area contributed by atoms with Crippen LogP contribution in [0.5, 0.6) is 0 Å². The van der Waals surface area contributed by atoms with Gasteiger partial charge in [0.25, 0.3) is 0 Å². The number of nitrogens with one attached hydrogen (secondary N) is 1. The molecule has 1 aromatic heterocycles. The summed E-state index contributed by atoms with van der Waals surface area (Å²) in [5.74, 6) is 0.725. The minimum Gasteiger partial charge on any atom is -0.346 e. The number of hydrogen-bond acceptors (Lipinski definition) is 3. The minimum atomic E-state index is -3.40. The molecule has 0 spiro atoms. The summed E-state index contributed by atoms with van der Waals surface area (Å²) < 4.78 is 28.9. The maximum absolute atomic E-state index is 12.2. The fourth-order valence-electron chi connectivity index (χ4n) is 2.18. The minimum absolute atomic E-state index is 0.203. The Morgan fingerprint density at radius 2 is 2.16 bits per heavy atom. The van der Waals surface area contributed by atoms with Gasteiger partial charge in [0.1, 0.15) is 0 Å². The lowest BCUT2D eigenvalue weighted by Gasteiger charge is -2.10. The fraction of sp³-hybridized carbons (Fsp3) is 0.692. The van der Waals surface area contributed by atoms with Gasteiger partial charge in [-0.3, -0.25) is 0 Å². The molecule has 3 N–H and O–H groups in total. The third-order valence-corrected chi connectivity index (χ3v) is 4.95. The zero-order chi connectivity index (χ0) is 14.0. The van der Waals surface area contributed by atoms with E-state index in [1.807, 2.05) is 18.4 Å². The Morgan fingerprint density at radius 1 is 1.47 bits per heavy atom. The van der Waals surface area contributed by atoms with Crippen LogP contribution in [0.15, 0.2) is 17.2 Å². The van der Waals surface area contributed by atoms with E-state index in [1.54, 1.807) is 12.3 Å². The van der Waals surface area contributed by atoms with Crippen LogP contribution in [0.2, 0.25) is 0 Å². The van der Waals surface area contributed by atoms with Crippen LogP contribution >= 0.6 is 0 Å². The standard InChI is InChI=1S/C13H23N3O2S/c1-10(2)16-9-13(7-12(16)8-14)19(17,18)15-6-5-11-3-4-11/h7,9-11,15H,3-6,8,14H2,1-2H3. The number of nitrogens with zero attached hydrogens (tertiary/aromatic N) is 1. The molecule has 0 radical (unpaired) electrons. The van der Waals surface area contributed by atoms with Gasteiger partial charge < -0.3 is 10.3 Å². The van der Waals surface area contributed by atoms with E-state index < -0.39 is 10.0 Å². The molecular weight excluding hydrogens is 262 g/mol. The van der Waals surface area contributed by atoms with E-state index in [1.165, 1.54) is 12.8 Å². The van der Waals surface area contributed by atoms with Crippen LogP contribution in [-0.4, -0.2) is 19.5 Å². The first-order chi connectivity index (χ1) is 8.94. The van der Waals surface area contributed by atoms with Crippen molar-refractivity contribution in [3.63, 3.8) is 0 Å². The highest BCUT2D eigenvalue weighted by Crippen LogP contribution is 2.31. The van der Waals surface area contributed by atoms with Crippen molar-refractivity contribution >= 4 is 10.0 Å². The summed E-state index contributed by atoms with van der Waals surface area (Å²) >= 11 is 0. The van der Waals surface area contributed by atoms with E-state index in [9.17, 15) is 8.42 Å². The first kappa shape index (κ1) is 14.6. The van der Waals surface area contributed by atoms with Crippen molar-refractivity contribution in [1.82, 2.24) is 9.29 Å². The second kappa shape index (κ2) is 5.64. The summed E-state index contributed by atoms with van der Waals surface area (Å²) in [5, 5.41) is 0. The fourth-order valence-corrected chi connectivity index (χ4v) is 3.27. The molecule has 0 atom stereocenters. The lowest BCUT2D eigenvalue weighted by molar-refractivity contribution is 0.567. The molecule has 2 rings (SSSR count). The van der Waals surface area contributed by atoms with Gasteiger partial charge in [-0.05, 0) is 32.3 Å². The van der Waals surface area contributed by atoms with Gasteiger partial charge in [0.15, 0.2) is 0 Å².